The number of aliphatic hydroxyl groups is 4. The summed E-state index contributed by atoms with van der Waals surface area (Å²) in [5.41, 5.74) is 1.16. The van der Waals surface area contributed by atoms with Gasteiger partial charge in [0.05, 0.1) is 6.61 Å². The van der Waals surface area contributed by atoms with Gasteiger partial charge in [0.1, 0.15) is 18.3 Å². The zero-order valence-corrected chi connectivity index (χ0v) is 16.4. The molecule has 0 radical (unpaired) electrons. The summed E-state index contributed by atoms with van der Waals surface area (Å²) in [6.45, 7) is 5.80. The van der Waals surface area contributed by atoms with Gasteiger partial charge in [-0.1, -0.05) is 44.2 Å². The standard InChI is InChI=1S/C12H15NO3.C5H10O5.C2H6/c1-10(13-12(15)8-16-9-14)7-11-5-3-2-4-6-11;6-2-1-10-5(9)4(8)3(2)7;1-2/h2-6,9-10H,7-8H2,1H3,(H,13,15);2-9H,1H2;1-2H3/t10-;;/m0../s1. The third-order valence-corrected chi connectivity index (χ3v) is 3.55. The van der Waals surface area contributed by atoms with Crippen molar-refractivity contribution in [3.8, 4) is 0 Å². The van der Waals surface area contributed by atoms with E-state index in [4.69, 9.17) is 20.4 Å². The summed E-state index contributed by atoms with van der Waals surface area (Å²) < 4.78 is 8.82. The second kappa shape index (κ2) is 14.9. The zero-order valence-electron chi connectivity index (χ0n) is 16.4. The zero-order chi connectivity index (χ0) is 21.5. The first-order valence-corrected chi connectivity index (χ1v) is 9.07. The van der Waals surface area contributed by atoms with E-state index in [0.29, 0.717) is 0 Å². The fourth-order valence-corrected chi connectivity index (χ4v) is 2.24. The first-order chi connectivity index (χ1) is 13.3. The van der Waals surface area contributed by atoms with E-state index in [1.807, 2.05) is 51.1 Å². The molecule has 9 heteroatoms. The van der Waals surface area contributed by atoms with E-state index >= 15 is 0 Å². The Morgan fingerprint density at radius 3 is 2.36 bits per heavy atom. The number of carbonyl (C=O) groups excluding carboxylic acids is 2. The molecule has 1 heterocycles. The Bertz CT molecular complexity index is 528. The molecule has 0 aliphatic carbocycles. The molecule has 1 aromatic rings. The van der Waals surface area contributed by atoms with Gasteiger partial charge in [0.25, 0.3) is 12.4 Å². The number of rotatable bonds is 6. The largest absolute Gasteiger partial charge is 0.458 e. The van der Waals surface area contributed by atoms with Gasteiger partial charge in [-0.15, -0.1) is 0 Å². The first-order valence-electron chi connectivity index (χ1n) is 9.07. The molecule has 2 rings (SSSR count). The molecule has 5 N–H and O–H groups in total. The number of hydrogen-bond acceptors (Lipinski definition) is 8. The smallest absolute Gasteiger partial charge is 0.293 e. The predicted octanol–water partition coefficient (Wildman–Crippen LogP) is -0.649. The van der Waals surface area contributed by atoms with Crippen molar-refractivity contribution in [1.29, 1.82) is 0 Å². The minimum Gasteiger partial charge on any atom is -0.458 e. The predicted molar refractivity (Wildman–Crippen MR) is 101 cm³/mol. The molecule has 0 saturated carbocycles. The van der Waals surface area contributed by atoms with Crippen molar-refractivity contribution < 1.29 is 39.5 Å². The Kier molecular flexibility index (Phi) is 13.9. The van der Waals surface area contributed by atoms with Crippen LogP contribution in [0.2, 0.25) is 0 Å². The third-order valence-electron chi connectivity index (χ3n) is 3.55. The van der Waals surface area contributed by atoms with Crippen molar-refractivity contribution in [1.82, 2.24) is 5.32 Å². The highest BCUT2D eigenvalue weighted by molar-refractivity contribution is 5.78. The van der Waals surface area contributed by atoms with Gasteiger partial charge in [-0.25, -0.2) is 0 Å². The van der Waals surface area contributed by atoms with Crippen molar-refractivity contribution in [2.24, 2.45) is 0 Å². The Hall–Kier alpha value is -2.04. The maximum Gasteiger partial charge on any atom is 0.293 e. The van der Waals surface area contributed by atoms with Gasteiger partial charge in [0.15, 0.2) is 12.9 Å². The van der Waals surface area contributed by atoms with Crippen LogP contribution in [-0.2, 0) is 25.5 Å². The average Bonchev–Trinajstić information content (AvgIpc) is 2.70. The van der Waals surface area contributed by atoms with Gasteiger partial charge >= 0.3 is 0 Å². The fraction of sp³-hybridized carbons (Fsp3) is 0.579. The van der Waals surface area contributed by atoms with E-state index < -0.39 is 24.6 Å². The molecule has 1 aromatic carbocycles. The van der Waals surface area contributed by atoms with Crippen LogP contribution in [0.25, 0.3) is 0 Å². The van der Waals surface area contributed by atoms with Crippen LogP contribution in [-0.4, -0.2) is 76.7 Å². The van der Waals surface area contributed by atoms with Crippen LogP contribution in [0.1, 0.15) is 26.3 Å². The Morgan fingerprint density at radius 2 is 1.82 bits per heavy atom. The molecular weight excluding hydrogens is 370 g/mol. The summed E-state index contributed by atoms with van der Waals surface area (Å²) in [5, 5.41) is 38.0. The highest BCUT2D eigenvalue weighted by Crippen LogP contribution is 2.12. The van der Waals surface area contributed by atoms with Gasteiger partial charge in [-0.3, -0.25) is 9.59 Å². The lowest BCUT2D eigenvalue weighted by Gasteiger charge is -2.31. The molecule has 4 unspecified atom stereocenters. The minimum atomic E-state index is -1.41. The van der Waals surface area contributed by atoms with Crippen molar-refractivity contribution in [2.45, 2.75) is 57.8 Å². The number of ether oxygens (including phenoxy) is 2. The fourth-order valence-electron chi connectivity index (χ4n) is 2.24. The van der Waals surface area contributed by atoms with Crippen molar-refractivity contribution in [3.63, 3.8) is 0 Å². The number of aliphatic hydroxyl groups excluding tert-OH is 4. The lowest BCUT2D eigenvalue weighted by atomic mass is 10.1. The maximum atomic E-state index is 11.2. The summed E-state index contributed by atoms with van der Waals surface area (Å²) in [4.78, 5) is 21.1. The van der Waals surface area contributed by atoms with Crippen LogP contribution in [0.5, 0.6) is 0 Å². The van der Waals surface area contributed by atoms with Crippen LogP contribution >= 0.6 is 0 Å². The molecule has 1 aliphatic rings. The topological polar surface area (TPSA) is 146 Å². The molecule has 0 spiro atoms. The van der Waals surface area contributed by atoms with Crippen LogP contribution in [0.15, 0.2) is 30.3 Å². The van der Waals surface area contributed by atoms with Gasteiger partial charge in [0, 0.05) is 6.04 Å². The first kappa shape index (κ1) is 26.0. The summed E-state index contributed by atoms with van der Waals surface area (Å²) >= 11 is 0. The molecule has 9 nitrogen and oxygen atoms in total. The van der Waals surface area contributed by atoms with E-state index in [-0.39, 0.29) is 31.6 Å². The molecule has 0 aromatic heterocycles. The molecule has 5 atom stereocenters. The molecule has 1 fully saturated rings. The Labute approximate surface area is 164 Å². The second-order valence-electron chi connectivity index (χ2n) is 5.84. The highest BCUT2D eigenvalue weighted by atomic mass is 16.6. The average molecular weight is 401 g/mol. The van der Waals surface area contributed by atoms with Crippen LogP contribution in [0, 0.1) is 0 Å². The molecule has 1 aliphatic heterocycles. The van der Waals surface area contributed by atoms with Crippen LogP contribution < -0.4 is 5.32 Å². The normalized spacial score (nSPS) is 24.4. The summed E-state index contributed by atoms with van der Waals surface area (Å²) in [7, 11) is 0. The Balaban J connectivity index is 0.000000520. The van der Waals surface area contributed by atoms with Crippen molar-refractivity contribution in [3.05, 3.63) is 35.9 Å². The quantitative estimate of drug-likeness (QED) is 0.395. The molecule has 160 valence electrons. The lowest BCUT2D eigenvalue weighted by Crippen LogP contribution is -2.52. The maximum absolute atomic E-state index is 11.2. The lowest BCUT2D eigenvalue weighted by molar-refractivity contribution is -0.252. The number of hydrogen-bond donors (Lipinski definition) is 5. The summed E-state index contributed by atoms with van der Waals surface area (Å²) in [6.07, 6.45) is -4.47. The number of carbonyl (C=O) groups is 2. The van der Waals surface area contributed by atoms with Crippen LogP contribution in [0.3, 0.4) is 0 Å². The number of nitrogens with one attached hydrogen (secondary N) is 1. The van der Waals surface area contributed by atoms with Crippen molar-refractivity contribution in [2.75, 3.05) is 13.2 Å². The van der Waals surface area contributed by atoms with E-state index in [1.54, 1.807) is 0 Å². The van der Waals surface area contributed by atoms with Gasteiger partial charge in [0.2, 0.25) is 0 Å². The van der Waals surface area contributed by atoms with Crippen LogP contribution in [0.4, 0.5) is 0 Å². The third kappa shape index (κ3) is 10.3. The van der Waals surface area contributed by atoms with E-state index in [2.05, 4.69) is 14.8 Å². The molecule has 1 saturated heterocycles. The molecule has 28 heavy (non-hydrogen) atoms. The highest BCUT2D eigenvalue weighted by Gasteiger charge is 2.36. The minimum absolute atomic E-state index is 0.0187. The Morgan fingerprint density at radius 1 is 1.21 bits per heavy atom. The number of benzene rings is 1. The van der Waals surface area contributed by atoms with Crippen molar-refractivity contribution >= 4 is 12.4 Å². The van der Waals surface area contributed by atoms with E-state index in [9.17, 15) is 9.59 Å². The summed E-state index contributed by atoms with van der Waals surface area (Å²) in [5.74, 6) is -0.282. The summed E-state index contributed by atoms with van der Waals surface area (Å²) in [6, 6.07) is 9.89. The monoisotopic (exact) mass is 401 g/mol. The second-order valence-corrected chi connectivity index (χ2v) is 5.84. The molecule has 1 amide bonds. The SMILES string of the molecule is CC.C[C@@H](Cc1ccccc1)NC(=O)COC=O.OC1COC(O)C(O)C1O. The van der Waals surface area contributed by atoms with Gasteiger partial charge < -0.3 is 35.2 Å². The molecule has 0 bridgehead atoms. The van der Waals surface area contributed by atoms with Gasteiger partial charge in [-0.2, -0.15) is 0 Å². The van der Waals surface area contributed by atoms with E-state index in [0.717, 1.165) is 12.0 Å². The van der Waals surface area contributed by atoms with Gasteiger partial charge in [-0.05, 0) is 18.9 Å². The molecular formula is C19H31NO8. The number of amides is 1. The van der Waals surface area contributed by atoms with E-state index in [1.165, 1.54) is 0 Å².